The lowest BCUT2D eigenvalue weighted by molar-refractivity contribution is -0.140. The zero-order valence-corrected chi connectivity index (χ0v) is 20.8. The van der Waals surface area contributed by atoms with Crippen LogP contribution in [0.4, 0.5) is 5.69 Å². The Morgan fingerprint density at radius 1 is 1.09 bits per heavy atom. The molecule has 2 rings (SSSR count). The number of nitrogens with zero attached hydrogens (tertiary/aromatic N) is 2. The first kappa shape index (κ1) is 26.0. The Balaban J connectivity index is 2.45. The van der Waals surface area contributed by atoms with Gasteiger partial charge in [0.05, 0.1) is 22.0 Å². The van der Waals surface area contributed by atoms with Gasteiger partial charge < -0.3 is 10.2 Å². The summed E-state index contributed by atoms with van der Waals surface area (Å²) < 4.78 is 26.0. The molecule has 0 radical (unpaired) electrons. The van der Waals surface area contributed by atoms with Gasteiger partial charge in [-0.3, -0.25) is 13.9 Å². The average molecular weight is 500 g/mol. The largest absolute Gasteiger partial charge is 0.357 e. The molecule has 0 saturated carbocycles. The third-order valence-electron chi connectivity index (χ3n) is 4.94. The summed E-state index contributed by atoms with van der Waals surface area (Å²) in [7, 11) is -2.33. The lowest BCUT2D eigenvalue weighted by Crippen LogP contribution is -2.51. The SMILES string of the molecule is CCC(C(=O)NC)N(Cc1cccc(C)c1)C(=O)CN(c1ccc(Cl)c(Cl)c1)S(C)(=O)=O. The monoisotopic (exact) mass is 499 g/mol. The highest BCUT2D eigenvalue weighted by molar-refractivity contribution is 7.92. The van der Waals surface area contributed by atoms with E-state index in [0.717, 1.165) is 21.7 Å². The molecular formula is C22H27Cl2N3O4S. The van der Waals surface area contributed by atoms with Crippen molar-refractivity contribution in [1.82, 2.24) is 10.2 Å². The summed E-state index contributed by atoms with van der Waals surface area (Å²) in [4.78, 5) is 27.3. The van der Waals surface area contributed by atoms with Gasteiger partial charge in [0, 0.05) is 13.6 Å². The van der Waals surface area contributed by atoms with Gasteiger partial charge in [-0.05, 0) is 37.1 Å². The molecule has 0 spiro atoms. The molecule has 10 heteroatoms. The third-order valence-corrected chi connectivity index (χ3v) is 6.82. The Hall–Kier alpha value is -2.29. The number of carbonyl (C=O) groups excluding carboxylic acids is 2. The zero-order valence-electron chi connectivity index (χ0n) is 18.4. The van der Waals surface area contributed by atoms with Crippen LogP contribution in [0.3, 0.4) is 0 Å². The summed E-state index contributed by atoms with van der Waals surface area (Å²) >= 11 is 12.0. The van der Waals surface area contributed by atoms with Gasteiger partial charge in [-0.1, -0.05) is 60.0 Å². The Kier molecular flexibility index (Phi) is 8.95. The Morgan fingerprint density at radius 3 is 2.31 bits per heavy atom. The van der Waals surface area contributed by atoms with Crippen LogP contribution >= 0.6 is 23.2 Å². The molecule has 2 amide bonds. The highest BCUT2D eigenvalue weighted by Crippen LogP contribution is 2.28. The van der Waals surface area contributed by atoms with E-state index < -0.39 is 28.5 Å². The van der Waals surface area contributed by atoms with Crippen LogP contribution < -0.4 is 9.62 Å². The molecule has 0 bridgehead atoms. The fourth-order valence-electron chi connectivity index (χ4n) is 3.35. The molecular weight excluding hydrogens is 473 g/mol. The smallest absolute Gasteiger partial charge is 0.244 e. The molecule has 0 aliphatic carbocycles. The maximum absolute atomic E-state index is 13.4. The van der Waals surface area contributed by atoms with Gasteiger partial charge >= 0.3 is 0 Å². The quantitative estimate of drug-likeness (QED) is 0.570. The molecule has 1 atom stereocenters. The van der Waals surface area contributed by atoms with Gasteiger partial charge in [-0.2, -0.15) is 0 Å². The van der Waals surface area contributed by atoms with Crippen LogP contribution in [0.2, 0.25) is 10.0 Å². The molecule has 1 N–H and O–H groups in total. The molecule has 0 aliphatic heterocycles. The fourth-order valence-corrected chi connectivity index (χ4v) is 4.48. The normalized spacial score (nSPS) is 12.2. The summed E-state index contributed by atoms with van der Waals surface area (Å²) in [5.74, 6) is -0.840. The van der Waals surface area contributed by atoms with Crippen molar-refractivity contribution in [3.8, 4) is 0 Å². The van der Waals surface area contributed by atoms with E-state index >= 15 is 0 Å². The Labute approximate surface area is 199 Å². The van der Waals surface area contributed by atoms with E-state index in [1.165, 1.54) is 30.1 Å². The summed E-state index contributed by atoms with van der Waals surface area (Å²) in [6.45, 7) is 3.40. The molecule has 174 valence electrons. The van der Waals surface area contributed by atoms with Crippen LogP contribution in [-0.4, -0.2) is 51.0 Å². The summed E-state index contributed by atoms with van der Waals surface area (Å²) in [5.41, 5.74) is 2.05. The minimum absolute atomic E-state index is 0.158. The molecule has 1 unspecified atom stereocenters. The molecule has 0 saturated heterocycles. The first-order valence-corrected chi connectivity index (χ1v) is 12.6. The van der Waals surface area contributed by atoms with Crippen molar-refractivity contribution in [3.63, 3.8) is 0 Å². The number of likely N-dealkylation sites (N-methyl/N-ethyl adjacent to an activating group) is 1. The molecule has 0 fully saturated rings. The standard InChI is InChI=1S/C22H27Cl2N3O4S/c1-5-20(22(29)25-3)26(13-16-8-6-7-15(2)11-16)21(28)14-27(32(4,30)31)17-9-10-18(23)19(24)12-17/h6-12,20H,5,13-14H2,1-4H3,(H,25,29). The van der Waals surface area contributed by atoms with E-state index in [0.29, 0.717) is 6.42 Å². The second-order valence-electron chi connectivity index (χ2n) is 7.42. The second kappa shape index (κ2) is 11.0. The number of hydrogen-bond acceptors (Lipinski definition) is 4. The van der Waals surface area contributed by atoms with Crippen LogP contribution in [0, 0.1) is 6.92 Å². The number of benzene rings is 2. The highest BCUT2D eigenvalue weighted by Gasteiger charge is 2.31. The molecule has 2 aromatic carbocycles. The number of halogens is 2. The van der Waals surface area contributed by atoms with Crippen LogP contribution in [-0.2, 0) is 26.2 Å². The fraction of sp³-hybridized carbons (Fsp3) is 0.364. The molecule has 0 aliphatic rings. The number of rotatable bonds is 9. The van der Waals surface area contributed by atoms with E-state index in [2.05, 4.69) is 5.32 Å². The Morgan fingerprint density at radius 2 is 1.78 bits per heavy atom. The van der Waals surface area contributed by atoms with Gasteiger partial charge in [0.2, 0.25) is 21.8 Å². The van der Waals surface area contributed by atoms with E-state index in [1.54, 1.807) is 6.92 Å². The first-order valence-electron chi connectivity index (χ1n) is 9.97. The third kappa shape index (κ3) is 6.60. The van der Waals surface area contributed by atoms with Crippen molar-refractivity contribution in [2.24, 2.45) is 0 Å². The van der Waals surface area contributed by atoms with Gasteiger partial charge in [0.15, 0.2) is 0 Å². The van der Waals surface area contributed by atoms with E-state index in [4.69, 9.17) is 23.2 Å². The highest BCUT2D eigenvalue weighted by atomic mass is 35.5. The van der Waals surface area contributed by atoms with E-state index in [-0.39, 0.29) is 28.2 Å². The van der Waals surface area contributed by atoms with E-state index in [1.807, 2.05) is 31.2 Å². The van der Waals surface area contributed by atoms with Gasteiger partial charge in [-0.15, -0.1) is 0 Å². The minimum atomic E-state index is -3.83. The topological polar surface area (TPSA) is 86.8 Å². The van der Waals surface area contributed by atoms with Crippen LogP contribution in [0.1, 0.15) is 24.5 Å². The van der Waals surface area contributed by atoms with Gasteiger partial charge in [0.25, 0.3) is 0 Å². The summed E-state index contributed by atoms with van der Waals surface area (Å²) in [5, 5.41) is 3.01. The molecule has 2 aromatic rings. The lowest BCUT2D eigenvalue weighted by atomic mass is 10.1. The van der Waals surface area contributed by atoms with Crippen molar-refractivity contribution in [3.05, 3.63) is 63.6 Å². The molecule has 0 aromatic heterocycles. The molecule has 32 heavy (non-hydrogen) atoms. The first-order chi connectivity index (χ1) is 15.0. The summed E-state index contributed by atoms with van der Waals surface area (Å²) in [6.07, 6.45) is 1.37. The zero-order chi connectivity index (χ0) is 24.1. The van der Waals surface area contributed by atoms with Gasteiger partial charge in [-0.25, -0.2) is 8.42 Å². The number of sulfonamides is 1. The van der Waals surface area contributed by atoms with Crippen LogP contribution in [0.15, 0.2) is 42.5 Å². The van der Waals surface area contributed by atoms with Gasteiger partial charge in [0.1, 0.15) is 12.6 Å². The predicted octanol–water partition coefficient (Wildman–Crippen LogP) is 3.62. The van der Waals surface area contributed by atoms with Crippen molar-refractivity contribution in [2.75, 3.05) is 24.2 Å². The minimum Gasteiger partial charge on any atom is -0.357 e. The van der Waals surface area contributed by atoms with Crippen molar-refractivity contribution in [1.29, 1.82) is 0 Å². The number of nitrogens with one attached hydrogen (secondary N) is 1. The predicted molar refractivity (Wildman–Crippen MR) is 129 cm³/mol. The average Bonchev–Trinajstić information content (AvgIpc) is 2.72. The van der Waals surface area contributed by atoms with Crippen molar-refractivity contribution in [2.45, 2.75) is 32.9 Å². The van der Waals surface area contributed by atoms with E-state index in [9.17, 15) is 18.0 Å². The number of anilines is 1. The lowest BCUT2D eigenvalue weighted by Gasteiger charge is -2.32. The maximum Gasteiger partial charge on any atom is 0.244 e. The Bertz CT molecular complexity index is 1090. The van der Waals surface area contributed by atoms with Crippen molar-refractivity contribution < 1.29 is 18.0 Å². The summed E-state index contributed by atoms with van der Waals surface area (Å²) in [6, 6.07) is 11.1. The number of aryl methyl sites for hydroxylation is 1. The number of amides is 2. The van der Waals surface area contributed by atoms with Crippen LogP contribution in [0.5, 0.6) is 0 Å². The molecule has 7 nitrogen and oxygen atoms in total. The molecule has 0 heterocycles. The maximum atomic E-state index is 13.4. The number of hydrogen-bond donors (Lipinski definition) is 1. The second-order valence-corrected chi connectivity index (χ2v) is 10.1. The van der Waals surface area contributed by atoms with Crippen LogP contribution in [0.25, 0.3) is 0 Å². The number of carbonyl (C=O) groups is 2. The van der Waals surface area contributed by atoms with Crippen molar-refractivity contribution >= 4 is 50.7 Å².